The van der Waals surface area contributed by atoms with Crippen LogP contribution >= 0.6 is 23.2 Å². The van der Waals surface area contributed by atoms with Gasteiger partial charge in [-0.15, -0.1) is 0 Å². The first-order valence-electron chi connectivity index (χ1n) is 9.90. The Kier molecular flexibility index (Phi) is 6.64. The molecule has 0 bridgehead atoms. The second kappa shape index (κ2) is 9.40. The average molecular weight is 446 g/mol. The second-order valence-electron chi connectivity index (χ2n) is 7.49. The standard InChI is InChI=1S/C23H22Cl2FN3O/c24-17-11-16(12-18(25)13-17)21-20(4-2-8-28-21)23(30)22(15-3-1-7-27-14-15)29-9-5-19(26)6-10-29/h1-4,7-8,11-14,19,22-23,30H,5-6,9-10H2. The van der Waals surface area contributed by atoms with Crippen LogP contribution in [0.25, 0.3) is 11.3 Å². The summed E-state index contributed by atoms with van der Waals surface area (Å²) in [7, 11) is 0. The summed E-state index contributed by atoms with van der Waals surface area (Å²) in [4.78, 5) is 10.9. The lowest BCUT2D eigenvalue weighted by Crippen LogP contribution is -2.40. The van der Waals surface area contributed by atoms with Crippen molar-refractivity contribution in [2.24, 2.45) is 0 Å². The minimum Gasteiger partial charge on any atom is -0.386 e. The van der Waals surface area contributed by atoms with Gasteiger partial charge < -0.3 is 5.11 Å². The van der Waals surface area contributed by atoms with Crippen LogP contribution in [0.5, 0.6) is 0 Å². The van der Waals surface area contributed by atoms with Crippen molar-refractivity contribution >= 4 is 23.2 Å². The number of hydrogen-bond acceptors (Lipinski definition) is 4. The van der Waals surface area contributed by atoms with E-state index in [9.17, 15) is 9.50 Å². The molecule has 1 aliphatic heterocycles. The van der Waals surface area contributed by atoms with E-state index in [0.29, 0.717) is 47.2 Å². The third kappa shape index (κ3) is 4.65. The Morgan fingerprint density at radius 3 is 2.40 bits per heavy atom. The van der Waals surface area contributed by atoms with E-state index in [0.717, 1.165) is 11.1 Å². The van der Waals surface area contributed by atoms with Gasteiger partial charge in [-0.3, -0.25) is 14.9 Å². The zero-order valence-corrected chi connectivity index (χ0v) is 17.8. The fraction of sp³-hybridized carbons (Fsp3) is 0.304. The zero-order valence-electron chi connectivity index (χ0n) is 16.3. The molecule has 4 nitrogen and oxygen atoms in total. The molecular weight excluding hydrogens is 424 g/mol. The van der Waals surface area contributed by atoms with Crippen molar-refractivity contribution in [2.75, 3.05) is 13.1 Å². The predicted molar refractivity (Wildman–Crippen MR) is 117 cm³/mol. The minimum atomic E-state index is -0.896. The Hall–Kier alpha value is -2.05. The van der Waals surface area contributed by atoms with E-state index < -0.39 is 12.3 Å². The number of hydrogen-bond donors (Lipinski definition) is 1. The molecule has 0 amide bonds. The molecule has 0 saturated carbocycles. The lowest BCUT2D eigenvalue weighted by molar-refractivity contribution is 0.0219. The van der Waals surface area contributed by atoms with Crippen molar-refractivity contribution in [3.63, 3.8) is 0 Å². The van der Waals surface area contributed by atoms with Crippen LogP contribution in [0.3, 0.4) is 0 Å². The Morgan fingerprint density at radius 1 is 1.03 bits per heavy atom. The highest BCUT2D eigenvalue weighted by Gasteiger charge is 2.33. The van der Waals surface area contributed by atoms with Crippen molar-refractivity contribution < 1.29 is 9.50 Å². The SMILES string of the molecule is OC(c1cccnc1-c1cc(Cl)cc(Cl)c1)C(c1cccnc1)N1CCC(F)CC1. The Balaban J connectivity index is 1.76. The molecule has 3 heterocycles. The molecule has 0 radical (unpaired) electrons. The first kappa shape index (κ1) is 21.2. The van der Waals surface area contributed by atoms with E-state index in [1.54, 1.807) is 42.9 Å². The van der Waals surface area contributed by atoms with Gasteiger partial charge in [0.1, 0.15) is 12.3 Å². The number of alkyl halides is 1. The molecule has 0 aliphatic carbocycles. The molecule has 7 heteroatoms. The molecule has 1 fully saturated rings. The average Bonchev–Trinajstić information content (AvgIpc) is 2.75. The largest absolute Gasteiger partial charge is 0.386 e. The predicted octanol–water partition coefficient (Wildman–Crippen LogP) is 5.66. The number of nitrogens with zero attached hydrogens (tertiary/aromatic N) is 3. The van der Waals surface area contributed by atoms with Crippen LogP contribution in [-0.2, 0) is 0 Å². The van der Waals surface area contributed by atoms with Gasteiger partial charge in [0.05, 0.1) is 11.7 Å². The van der Waals surface area contributed by atoms with Crippen molar-refractivity contribution in [1.29, 1.82) is 0 Å². The van der Waals surface area contributed by atoms with Crippen LogP contribution < -0.4 is 0 Å². The highest BCUT2D eigenvalue weighted by Crippen LogP contribution is 2.39. The monoisotopic (exact) mass is 445 g/mol. The van der Waals surface area contributed by atoms with Gasteiger partial charge in [-0.05, 0) is 48.7 Å². The highest BCUT2D eigenvalue weighted by atomic mass is 35.5. The van der Waals surface area contributed by atoms with Crippen molar-refractivity contribution in [3.8, 4) is 11.3 Å². The van der Waals surface area contributed by atoms with Gasteiger partial charge in [0.25, 0.3) is 0 Å². The van der Waals surface area contributed by atoms with Crippen LogP contribution in [0.2, 0.25) is 10.0 Å². The van der Waals surface area contributed by atoms with E-state index in [1.807, 2.05) is 18.2 Å². The number of rotatable bonds is 5. The van der Waals surface area contributed by atoms with Crippen LogP contribution in [-0.4, -0.2) is 39.2 Å². The maximum Gasteiger partial charge on any atom is 0.103 e. The topological polar surface area (TPSA) is 49.3 Å². The van der Waals surface area contributed by atoms with E-state index in [-0.39, 0.29) is 6.04 Å². The van der Waals surface area contributed by atoms with Gasteiger partial charge in [0.2, 0.25) is 0 Å². The van der Waals surface area contributed by atoms with Crippen molar-refractivity contribution in [2.45, 2.75) is 31.2 Å². The summed E-state index contributed by atoms with van der Waals surface area (Å²) in [5.74, 6) is 0. The van der Waals surface area contributed by atoms with Crippen LogP contribution in [0.1, 0.15) is 36.1 Å². The number of pyridine rings is 2. The van der Waals surface area contributed by atoms with Crippen molar-refractivity contribution in [3.05, 3.63) is 82.2 Å². The van der Waals surface area contributed by atoms with Crippen LogP contribution in [0.4, 0.5) is 4.39 Å². The Labute approximate surface area is 185 Å². The summed E-state index contributed by atoms with van der Waals surface area (Å²) in [5, 5.41) is 12.6. The molecule has 4 rings (SSSR count). The highest BCUT2D eigenvalue weighted by molar-refractivity contribution is 6.35. The molecule has 2 atom stereocenters. The van der Waals surface area contributed by atoms with Crippen LogP contribution in [0, 0.1) is 0 Å². The minimum absolute atomic E-state index is 0.371. The quantitative estimate of drug-likeness (QED) is 0.550. The summed E-state index contributed by atoms with van der Waals surface area (Å²) in [6, 6.07) is 12.3. The lowest BCUT2D eigenvalue weighted by atomic mass is 9.91. The molecule has 1 saturated heterocycles. The number of likely N-dealkylation sites (tertiary alicyclic amines) is 1. The molecule has 2 unspecified atom stereocenters. The number of aliphatic hydroxyl groups is 1. The fourth-order valence-corrected chi connectivity index (χ4v) is 4.57. The first-order chi connectivity index (χ1) is 14.5. The zero-order chi connectivity index (χ0) is 21.1. The number of aromatic nitrogens is 2. The maximum atomic E-state index is 13.8. The fourth-order valence-electron chi connectivity index (χ4n) is 4.05. The summed E-state index contributed by atoms with van der Waals surface area (Å²) < 4.78 is 13.8. The van der Waals surface area contributed by atoms with Gasteiger partial charge in [-0.25, -0.2) is 4.39 Å². The smallest absolute Gasteiger partial charge is 0.103 e. The van der Waals surface area contributed by atoms with Gasteiger partial charge >= 0.3 is 0 Å². The number of aliphatic hydroxyl groups excluding tert-OH is 1. The second-order valence-corrected chi connectivity index (χ2v) is 8.36. The lowest BCUT2D eigenvalue weighted by Gasteiger charge is -2.38. The first-order valence-corrected chi connectivity index (χ1v) is 10.7. The van der Waals surface area contributed by atoms with Crippen LogP contribution in [0.15, 0.2) is 61.1 Å². The normalized spacial score (nSPS) is 17.6. The molecule has 0 spiro atoms. The molecule has 156 valence electrons. The number of piperidine rings is 1. The molecule has 1 N–H and O–H groups in total. The molecule has 30 heavy (non-hydrogen) atoms. The number of halogens is 3. The maximum absolute atomic E-state index is 13.8. The molecular formula is C23H22Cl2FN3O. The summed E-state index contributed by atoms with van der Waals surface area (Å²) in [6.07, 6.45) is 4.34. The van der Waals surface area contributed by atoms with E-state index in [2.05, 4.69) is 14.9 Å². The molecule has 2 aromatic heterocycles. The third-order valence-corrected chi connectivity index (χ3v) is 5.91. The van der Waals surface area contributed by atoms with Gasteiger partial charge in [-0.2, -0.15) is 0 Å². The van der Waals surface area contributed by atoms with E-state index in [4.69, 9.17) is 23.2 Å². The van der Waals surface area contributed by atoms with E-state index >= 15 is 0 Å². The third-order valence-electron chi connectivity index (χ3n) is 5.47. The summed E-state index contributed by atoms with van der Waals surface area (Å²) >= 11 is 12.4. The van der Waals surface area contributed by atoms with E-state index in [1.165, 1.54) is 0 Å². The summed E-state index contributed by atoms with van der Waals surface area (Å²) in [5.41, 5.74) is 2.88. The number of benzene rings is 1. The van der Waals surface area contributed by atoms with Gasteiger partial charge in [0, 0.05) is 52.9 Å². The molecule has 1 aromatic carbocycles. The summed E-state index contributed by atoms with van der Waals surface area (Å²) in [6.45, 7) is 1.13. The Morgan fingerprint density at radius 2 is 1.73 bits per heavy atom. The Bertz CT molecular complexity index is 976. The van der Waals surface area contributed by atoms with Gasteiger partial charge in [0.15, 0.2) is 0 Å². The van der Waals surface area contributed by atoms with Gasteiger partial charge in [-0.1, -0.05) is 35.3 Å². The molecule has 3 aromatic rings. The van der Waals surface area contributed by atoms with Crippen molar-refractivity contribution in [1.82, 2.24) is 14.9 Å². The molecule has 1 aliphatic rings.